The monoisotopic (exact) mass is 224 g/mol. The van der Waals surface area contributed by atoms with Crippen molar-refractivity contribution in [2.75, 3.05) is 13.2 Å². The number of hydrogen-bond donors (Lipinski definition) is 1. The van der Waals surface area contributed by atoms with Crippen LogP contribution in [0.25, 0.3) is 0 Å². The molecule has 1 saturated heterocycles. The molecule has 90 valence electrons. The summed E-state index contributed by atoms with van der Waals surface area (Å²) in [6.45, 7) is 4.76. The molecule has 0 radical (unpaired) electrons. The lowest BCUT2D eigenvalue weighted by molar-refractivity contribution is 0.106. The molecule has 0 aromatic carbocycles. The van der Waals surface area contributed by atoms with Crippen molar-refractivity contribution in [1.82, 2.24) is 10.3 Å². The van der Waals surface area contributed by atoms with Crippen LogP contribution in [-0.4, -0.2) is 24.2 Å². The molecule has 1 unspecified atom stereocenters. The number of oxazole rings is 1. The summed E-state index contributed by atoms with van der Waals surface area (Å²) >= 11 is 0. The SMILES string of the molecule is CCCNCc1ncc(CC2CCCO2)o1. The Balaban J connectivity index is 1.77. The fraction of sp³-hybridized carbons (Fsp3) is 0.750. The van der Waals surface area contributed by atoms with Crippen molar-refractivity contribution < 1.29 is 9.15 Å². The van der Waals surface area contributed by atoms with E-state index in [1.807, 2.05) is 6.20 Å². The third-order valence-corrected chi connectivity index (χ3v) is 2.76. The van der Waals surface area contributed by atoms with E-state index in [4.69, 9.17) is 9.15 Å². The fourth-order valence-electron chi connectivity index (χ4n) is 1.93. The highest BCUT2D eigenvalue weighted by atomic mass is 16.5. The first kappa shape index (κ1) is 11.6. The summed E-state index contributed by atoms with van der Waals surface area (Å²) in [5, 5.41) is 3.27. The lowest BCUT2D eigenvalue weighted by atomic mass is 10.1. The van der Waals surface area contributed by atoms with E-state index in [9.17, 15) is 0 Å². The van der Waals surface area contributed by atoms with Crippen LogP contribution in [0.15, 0.2) is 10.6 Å². The molecule has 0 bridgehead atoms. The molecule has 0 saturated carbocycles. The molecule has 4 nitrogen and oxygen atoms in total. The minimum atomic E-state index is 0.337. The number of aromatic nitrogens is 1. The first-order valence-corrected chi connectivity index (χ1v) is 6.14. The zero-order chi connectivity index (χ0) is 11.2. The van der Waals surface area contributed by atoms with Crippen LogP contribution in [0, 0.1) is 0 Å². The van der Waals surface area contributed by atoms with Crippen LogP contribution in [0.4, 0.5) is 0 Å². The molecule has 0 spiro atoms. The number of rotatable bonds is 6. The Kier molecular flexibility index (Phi) is 4.36. The summed E-state index contributed by atoms with van der Waals surface area (Å²) in [6, 6.07) is 0. The van der Waals surface area contributed by atoms with Crippen molar-refractivity contribution >= 4 is 0 Å². The molecule has 1 fully saturated rings. The van der Waals surface area contributed by atoms with Crippen LogP contribution in [0.5, 0.6) is 0 Å². The molecular weight excluding hydrogens is 204 g/mol. The van der Waals surface area contributed by atoms with Crippen molar-refractivity contribution in [3.05, 3.63) is 17.8 Å². The van der Waals surface area contributed by atoms with E-state index in [-0.39, 0.29) is 0 Å². The topological polar surface area (TPSA) is 47.3 Å². The van der Waals surface area contributed by atoms with Gasteiger partial charge in [0.05, 0.1) is 18.8 Å². The van der Waals surface area contributed by atoms with Crippen molar-refractivity contribution in [2.45, 2.75) is 45.3 Å². The average Bonchev–Trinajstić information content (AvgIpc) is 2.91. The molecule has 1 atom stereocenters. The number of nitrogens with zero attached hydrogens (tertiary/aromatic N) is 1. The lowest BCUT2D eigenvalue weighted by Gasteiger charge is -2.05. The molecule has 1 aliphatic rings. The lowest BCUT2D eigenvalue weighted by Crippen LogP contribution is -2.13. The Labute approximate surface area is 96.4 Å². The summed E-state index contributed by atoms with van der Waals surface area (Å²) in [6.07, 6.45) is 6.47. The van der Waals surface area contributed by atoms with Gasteiger partial charge in [-0.3, -0.25) is 0 Å². The Hall–Kier alpha value is -0.870. The van der Waals surface area contributed by atoms with Gasteiger partial charge in [0.25, 0.3) is 0 Å². The van der Waals surface area contributed by atoms with Crippen molar-refractivity contribution in [3.63, 3.8) is 0 Å². The van der Waals surface area contributed by atoms with E-state index in [0.29, 0.717) is 6.10 Å². The molecular formula is C12H20N2O2. The van der Waals surface area contributed by atoms with Gasteiger partial charge in [-0.25, -0.2) is 4.98 Å². The predicted molar refractivity (Wildman–Crippen MR) is 61.2 cm³/mol. The van der Waals surface area contributed by atoms with Crippen molar-refractivity contribution in [3.8, 4) is 0 Å². The molecule has 2 heterocycles. The van der Waals surface area contributed by atoms with E-state index in [2.05, 4.69) is 17.2 Å². The van der Waals surface area contributed by atoms with E-state index >= 15 is 0 Å². The standard InChI is InChI=1S/C12H20N2O2/c1-2-5-13-9-12-14-8-11(16-12)7-10-4-3-6-15-10/h8,10,13H,2-7,9H2,1H3. The van der Waals surface area contributed by atoms with Gasteiger partial charge in [-0.15, -0.1) is 0 Å². The number of hydrogen-bond acceptors (Lipinski definition) is 4. The minimum absolute atomic E-state index is 0.337. The van der Waals surface area contributed by atoms with Gasteiger partial charge in [0.1, 0.15) is 5.76 Å². The van der Waals surface area contributed by atoms with Gasteiger partial charge in [-0.05, 0) is 25.8 Å². The van der Waals surface area contributed by atoms with Crippen LogP contribution >= 0.6 is 0 Å². The van der Waals surface area contributed by atoms with Crippen LogP contribution in [0.2, 0.25) is 0 Å². The van der Waals surface area contributed by atoms with E-state index in [0.717, 1.165) is 50.6 Å². The van der Waals surface area contributed by atoms with Gasteiger partial charge < -0.3 is 14.5 Å². The Morgan fingerprint density at radius 1 is 1.56 bits per heavy atom. The van der Waals surface area contributed by atoms with Gasteiger partial charge in [0.2, 0.25) is 5.89 Å². The zero-order valence-electron chi connectivity index (χ0n) is 9.87. The van der Waals surface area contributed by atoms with Crippen LogP contribution < -0.4 is 5.32 Å². The van der Waals surface area contributed by atoms with Crippen molar-refractivity contribution in [1.29, 1.82) is 0 Å². The largest absolute Gasteiger partial charge is 0.444 e. The third-order valence-electron chi connectivity index (χ3n) is 2.76. The third kappa shape index (κ3) is 3.32. The van der Waals surface area contributed by atoms with Crippen LogP contribution in [-0.2, 0) is 17.7 Å². The molecule has 16 heavy (non-hydrogen) atoms. The normalized spacial score (nSPS) is 20.4. The summed E-state index contributed by atoms with van der Waals surface area (Å²) in [4.78, 5) is 4.25. The maximum absolute atomic E-state index is 5.64. The van der Waals surface area contributed by atoms with Gasteiger partial charge >= 0.3 is 0 Å². The second-order valence-corrected chi connectivity index (χ2v) is 4.24. The second kappa shape index (κ2) is 6.01. The Morgan fingerprint density at radius 2 is 2.50 bits per heavy atom. The van der Waals surface area contributed by atoms with Gasteiger partial charge in [0.15, 0.2) is 0 Å². The summed E-state index contributed by atoms with van der Waals surface area (Å²) in [7, 11) is 0. The molecule has 1 aromatic rings. The van der Waals surface area contributed by atoms with Gasteiger partial charge in [-0.1, -0.05) is 6.92 Å². The summed E-state index contributed by atoms with van der Waals surface area (Å²) in [5.74, 6) is 1.72. The molecule has 2 rings (SSSR count). The first-order valence-electron chi connectivity index (χ1n) is 6.14. The Bertz CT molecular complexity index is 306. The fourth-order valence-corrected chi connectivity index (χ4v) is 1.93. The zero-order valence-corrected chi connectivity index (χ0v) is 9.87. The van der Waals surface area contributed by atoms with E-state index < -0.39 is 0 Å². The van der Waals surface area contributed by atoms with Crippen molar-refractivity contribution in [2.24, 2.45) is 0 Å². The van der Waals surface area contributed by atoms with E-state index in [1.165, 1.54) is 6.42 Å². The smallest absolute Gasteiger partial charge is 0.208 e. The first-order chi connectivity index (χ1) is 7.88. The summed E-state index contributed by atoms with van der Waals surface area (Å²) in [5.41, 5.74) is 0. The minimum Gasteiger partial charge on any atom is -0.444 e. The van der Waals surface area contributed by atoms with E-state index in [1.54, 1.807) is 0 Å². The summed E-state index contributed by atoms with van der Waals surface area (Å²) < 4.78 is 11.2. The average molecular weight is 224 g/mol. The molecule has 0 amide bonds. The molecule has 1 aliphatic heterocycles. The highest BCUT2D eigenvalue weighted by molar-refractivity contribution is 4.96. The molecule has 4 heteroatoms. The molecule has 1 N–H and O–H groups in total. The molecule has 1 aromatic heterocycles. The number of ether oxygens (including phenoxy) is 1. The second-order valence-electron chi connectivity index (χ2n) is 4.24. The quantitative estimate of drug-likeness (QED) is 0.750. The maximum atomic E-state index is 5.64. The van der Waals surface area contributed by atoms with Gasteiger partial charge in [0, 0.05) is 13.0 Å². The predicted octanol–water partition coefficient (Wildman–Crippen LogP) is 1.90. The highest BCUT2D eigenvalue weighted by Gasteiger charge is 2.17. The highest BCUT2D eigenvalue weighted by Crippen LogP contribution is 2.17. The maximum Gasteiger partial charge on any atom is 0.208 e. The Morgan fingerprint density at radius 3 is 3.25 bits per heavy atom. The number of nitrogens with one attached hydrogen (secondary N) is 1. The van der Waals surface area contributed by atoms with Crippen LogP contribution in [0.1, 0.15) is 37.8 Å². The van der Waals surface area contributed by atoms with Gasteiger partial charge in [-0.2, -0.15) is 0 Å². The molecule has 0 aliphatic carbocycles. The van der Waals surface area contributed by atoms with Crippen LogP contribution in [0.3, 0.4) is 0 Å².